The number of benzene rings is 2. The molecule has 2 aliphatic carbocycles. The third-order valence-corrected chi connectivity index (χ3v) is 10.2. The molecule has 6 rings (SSSR count). The summed E-state index contributed by atoms with van der Waals surface area (Å²) >= 11 is 6.26. The van der Waals surface area contributed by atoms with Crippen molar-refractivity contribution < 1.29 is 22.7 Å². The summed E-state index contributed by atoms with van der Waals surface area (Å²) < 4.78 is 43.1. The quantitative estimate of drug-likeness (QED) is 0.171. The van der Waals surface area contributed by atoms with Gasteiger partial charge in [0, 0.05) is 48.0 Å². The Bertz CT molecular complexity index is 1550. The van der Waals surface area contributed by atoms with Crippen LogP contribution < -0.4 is 15.6 Å². The molecular formula is C31H33F3N4O3S2. The standard InChI is InChI=1S/C31H33F3N4O3S2/c32-31(33,34)41-21-10-8-20(9-11-21)30(14-15-30)19-35-16-12-27(39)37-17-13-24-23(18-37)28(40)38(25-6-1-2-7-26(25)42)29(36-24)43-22-4-3-5-22/h1-2,6-11,22,35,42H,3-5,12-19H2. The van der Waals surface area contributed by atoms with Crippen LogP contribution in [-0.4, -0.2) is 51.6 Å². The van der Waals surface area contributed by atoms with E-state index in [-0.39, 0.29) is 35.6 Å². The number of thiol groups is 1. The Morgan fingerprint density at radius 1 is 1.14 bits per heavy atom. The fraction of sp³-hybridized carbons (Fsp3) is 0.452. The van der Waals surface area contributed by atoms with E-state index in [0.29, 0.717) is 52.6 Å². The highest BCUT2D eigenvalue weighted by atomic mass is 32.2. The van der Waals surface area contributed by atoms with Gasteiger partial charge in [-0.1, -0.05) is 42.4 Å². The first-order valence-corrected chi connectivity index (χ1v) is 15.9. The van der Waals surface area contributed by atoms with Crippen molar-refractivity contribution in [2.45, 2.75) is 78.6 Å². The first-order valence-electron chi connectivity index (χ1n) is 14.6. The molecule has 0 spiro atoms. The van der Waals surface area contributed by atoms with Gasteiger partial charge >= 0.3 is 6.36 Å². The second-order valence-electron chi connectivity index (χ2n) is 11.5. The largest absolute Gasteiger partial charge is 0.573 e. The number of thioether (sulfide) groups is 1. The SMILES string of the molecule is O=C(CCNCC1(c2ccc(OC(F)(F)F)cc2)CC1)N1CCc2nc(SC3CCC3)n(-c3ccccc3S)c(=O)c2C1. The van der Waals surface area contributed by atoms with Crippen LogP contribution in [0.4, 0.5) is 13.2 Å². The Hall–Kier alpha value is -2.96. The minimum Gasteiger partial charge on any atom is -0.406 e. The van der Waals surface area contributed by atoms with Crippen molar-refractivity contribution in [2.75, 3.05) is 19.6 Å². The van der Waals surface area contributed by atoms with E-state index in [1.165, 1.54) is 18.6 Å². The molecule has 3 aromatic rings. The van der Waals surface area contributed by atoms with Crippen molar-refractivity contribution in [3.05, 3.63) is 75.7 Å². The number of alkyl halides is 3. The minimum absolute atomic E-state index is 0.0369. The topological polar surface area (TPSA) is 76.5 Å². The van der Waals surface area contributed by atoms with Gasteiger partial charge in [-0.3, -0.25) is 14.2 Å². The van der Waals surface area contributed by atoms with Crippen LogP contribution in [0.2, 0.25) is 0 Å². The fourth-order valence-electron chi connectivity index (χ4n) is 5.66. The van der Waals surface area contributed by atoms with Crippen LogP contribution in [0.15, 0.2) is 63.4 Å². The van der Waals surface area contributed by atoms with E-state index in [9.17, 15) is 22.8 Å². The zero-order chi connectivity index (χ0) is 30.2. The Kier molecular flexibility index (Phi) is 8.54. The van der Waals surface area contributed by atoms with Crippen molar-refractivity contribution in [3.63, 3.8) is 0 Å². The van der Waals surface area contributed by atoms with Gasteiger partial charge in [-0.2, -0.15) is 0 Å². The molecule has 0 unspecified atom stereocenters. The molecule has 0 radical (unpaired) electrons. The van der Waals surface area contributed by atoms with Crippen molar-refractivity contribution in [1.82, 2.24) is 19.8 Å². The Labute approximate surface area is 257 Å². The van der Waals surface area contributed by atoms with Crippen LogP contribution in [0.25, 0.3) is 5.69 Å². The van der Waals surface area contributed by atoms with E-state index in [4.69, 9.17) is 4.98 Å². The molecular weight excluding hydrogens is 597 g/mol. The maximum atomic E-state index is 13.9. The molecule has 2 saturated carbocycles. The van der Waals surface area contributed by atoms with Crippen LogP contribution in [0.3, 0.4) is 0 Å². The molecule has 0 atom stereocenters. The predicted octanol–water partition coefficient (Wildman–Crippen LogP) is 5.66. The van der Waals surface area contributed by atoms with E-state index in [1.54, 1.807) is 33.4 Å². The highest BCUT2D eigenvalue weighted by molar-refractivity contribution is 7.99. The van der Waals surface area contributed by atoms with Gasteiger partial charge in [-0.15, -0.1) is 25.8 Å². The lowest BCUT2D eigenvalue weighted by Gasteiger charge is -2.30. The Morgan fingerprint density at radius 3 is 2.53 bits per heavy atom. The molecule has 1 aromatic heterocycles. The number of carbonyl (C=O) groups excluding carboxylic acids is 1. The monoisotopic (exact) mass is 630 g/mol. The average molecular weight is 631 g/mol. The van der Waals surface area contributed by atoms with Crippen LogP contribution in [0.5, 0.6) is 5.75 Å². The summed E-state index contributed by atoms with van der Waals surface area (Å²) in [5.74, 6) is -0.274. The second kappa shape index (κ2) is 12.2. The molecule has 0 bridgehead atoms. The van der Waals surface area contributed by atoms with Crippen LogP contribution in [-0.2, 0) is 23.2 Å². The van der Waals surface area contributed by atoms with Gasteiger partial charge in [-0.25, -0.2) is 4.98 Å². The summed E-state index contributed by atoms with van der Waals surface area (Å²) in [7, 11) is 0. The van der Waals surface area contributed by atoms with Crippen molar-refractivity contribution in [3.8, 4) is 11.4 Å². The number of carbonyl (C=O) groups is 1. The molecule has 228 valence electrons. The predicted molar refractivity (Wildman–Crippen MR) is 161 cm³/mol. The van der Waals surface area contributed by atoms with Crippen molar-refractivity contribution in [2.24, 2.45) is 0 Å². The number of ether oxygens (including phenoxy) is 1. The zero-order valence-electron chi connectivity index (χ0n) is 23.5. The maximum absolute atomic E-state index is 13.9. The molecule has 3 aliphatic rings. The number of aromatic nitrogens is 2. The van der Waals surface area contributed by atoms with Crippen molar-refractivity contribution in [1.29, 1.82) is 0 Å². The number of rotatable bonds is 10. The molecule has 1 amide bonds. The zero-order valence-corrected chi connectivity index (χ0v) is 25.2. The van der Waals surface area contributed by atoms with Gasteiger partial charge in [-0.05, 0) is 55.5 Å². The number of hydrogen-bond acceptors (Lipinski definition) is 7. The van der Waals surface area contributed by atoms with Crippen molar-refractivity contribution >= 4 is 30.3 Å². The van der Waals surface area contributed by atoms with E-state index in [1.807, 2.05) is 24.3 Å². The molecule has 1 N–H and O–H groups in total. The van der Waals surface area contributed by atoms with Gasteiger partial charge in [0.2, 0.25) is 5.91 Å². The summed E-state index contributed by atoms with van der Waals surface area (Å²) in [5.41, 5.74) is 2.68. The van der Waals surface area contributed by atoms with E-state index < -0.39 is 6.36 Å². The first-order chi connectivity index (χ1) is 20.6. The molecule has 2 heterocycles. The number of fused-ring (bicyclic) bond motifs is 1. The molecule has 0 saturated heterocycles. The number of hydrogen-bond donors (Lipinski definition) is 2. The molecule has 1 aliphatic heterocycles. The van der Waals surface area contributed by atoms with Crippen LogP contribution in [0, 0.1) is 0 Å². The molecule has 2 fully saturated rings. The van der Waals surface area contributed by atoms with Gasteiger partial charge in [0.1, 0.15) is 5.75 Å². The minimum atomic E-state index is -4.72. The number of amides is 1. The van der Waals surface area contributed by atoms with Crippen LogP contribution >= 0.6 is 24.4 Å². The fourth-order valence-corrected chi connectivity index (χ4v) is 7.24. The summed E-state index contributed by atoms with van der Waals surface area (Å²) in [5, 5.41) is 4.51. The summed E-state index contributed by atoms with van der Waals surface area (Å²) in [6.07, 6.45) is 1.35. The molecule has 7 nitrogen and oxygen atoms in total. The Balaban J connectivity index is 1.08. The first kappa shape index (κ1) is 30.1. The van der Waals surface area contributed by atoms with Gasteiger partial charge < -0.3 is 15.0 Å². The van der Waals surface area contributed by atoms with Gasteiger partial charge in [0.15, 0.2) is 5.16 Å². The second-order valence-corrected chi connectivity index (χ2v) is 13.2. The normalized spacial score (nSPS) is 17.7. The average Bonchev–Trinajstić information content (AvgIpc) is 3.74. The van der Waals surface area contributed by atoms with Gasteiger partial charge in [0.05, 0.1) is 23.5 Å². The Morgan fingerprint density at radius 2 is 1.88 bits per heavy atom. The number of nitrogens with zero attached hydrogens (tertiary/aromatic N) is 3. The lowest BCUT2D eigenvalue weighted by Crippen LogP contribution is -2.42. The smallest absolute Gasteiger partial charge is 0.406 e. The number of halogens is 3. The molecule has 12 heteroatoms. The number of para-hydroxylation sites is 1. The highest BCUT2D eigenvalue weighted by Gasteiger charge is 2.44. The number of nitrogens with one attached hydrogen (secondary N) is 1. The summed E-state index contributed by atoms with van der Waals surface area (Å²) in [4.78, 5) is 34.5. The summed E-state index contributed by atoms with van der Waals surface area (Å²) in [6.45, 7) is 1.82. The van der Waals surface area contributed by atoms with E-state index in [2.05, 4.69) is 22.7 Å². The highest BCUT2D eigenvalue weighted by Crippen LogP contribution is 2.48. The van der Waals surface area contributed by atoms with Crippen LogP contribution in [0.1, 0.15) is 55.3 Å². The summed E-state index contributed by atoms with van der Waals surface area (Å²) in [6, 6.07) is 13.5. The van der Waals surface area contributed by atoms with E-state index in [0.717, 1.165) is 36.9 Å². The third kappa shape index (κ3) is 6.76. The third-order valence-electron chi connectivity index (χ3n) is 8.53. The van der Waals surface area contributed by atoms with E-state index >= 15 is 0 Å². The van der Waals surface area contributed by atoms with Gasteiger partial charge in [0.25, 0.3) is 5.56 Å². The lowest BCUT2D eigenvalue weighted by molar-refractivity contribution is -0.274. The molecule has 2 aromatic carbocycles. The maximum Gasteiger partial charge on any atom is 0.573 e. The molecule has 43 heavy (non-hydrogen) atoms. The lowest BCUT2D eigenvalue weighted by atomic mass is 9.96.